The highest BCUT2D eigenvalue weighted by Crippen LogP contribution is 2.43. The van der Waals surface area contributed by atoms with E-state index in [0.717, 1.165) is 5.92 Å². The van der Waals surface area contributed by atoms with Crippen molar-refractivity contribution in [1.29, 1.82) is 0 Å². The molecule has 3 unspecified atom stereocenters. The third-order valence-electron chi connectivity index (χ3n) is 5.47. The van der Waals surface area contributed by atoms with Crippen LogP contribution in [0.1, 0.15) is 55.3 Å². The van der Waals surface area contributed by atoms with Crippen LogP contribution in [-0.4, -0.2) is 24.5 Å². The molecule has 3 N–H and O–H groups in total. The second-order valence-electron chi connectivity index (χ2n) is 7.14. The van der Waals surface area contributed by atoms with Crippen LogP contribution in [0.15, 0.2) is 18.2 Å². The molecule has 1 aliphatic carbocycles. The van der Waals surface area contributed by atoms with Crippen LogP contribution in [0.2, 0.25) is 0 Å². The monoisotopic (exact) mass is 289 g/mol. The van der Waals surface area contributed by atoms with E-state index in [1.54, 1.807) is 0 Å². The smallest absolute Gasteiger partial charge is 0.0643 e. The number of hydrogen-bond acceptors (Lipinski definition) is 3. The highest BCUT2D eigenvalue weighted by molar-refractivity contribution is 5.33. The molecular weight excluding hydrogens is 258 g/mol. The standard InChI is InChI=1S/C18H31N3/c1-13-7-6-10-18(12-13,21(4)5)17(20-19)16-9-8-14(2)15(3)11-16/h8-9,11,13,17,20H,6-7,10,12,19H2,1-5H3. The van der Waals surface area contributed by atoms with Crippen LogP contribution in [-0.2, 0) is 0 Å². The molecule has 0 amide bonds. The minimum absolute atomic E-state index is 0.105. The highest BCUT2D eigenvalue weighted by atomic mass is 15.3. The summed E-state index contributed by atoms with van der Waals surface area (Å²) in [6.07, 6.45) is 5.01. The Morgan fingerprint density at radius 3 is 2.52 bits per heavy atom. The number of rotatable bonds is 4. The van der Waals surface area contributed by atoms with E-state index >= 15 is 0 Å². The molecule has 1 fully saturated rings. The average Bonchev–Trinajstić information content (AvgIpc) is 2.43. The Labute approximate surface area is 129 Å². The van der Waals surface area contributed by atoms with Gasteiger partial charge in [0, 0.05) is 5.54 Å². The topological polar surface area (TPSA) is 41.3 Å². The Bertz CT molecular complexity index is 483. The van der Waals surface area contributed by atoms with Gasteiger partial charge in [-0.25, -0.2) is 0 Å². The molecule has 0 spiro atoms. The first-order valence-electron chi connectivity index (χ1n) is 8.11. The molecule has 3 nitrogen and oxygen atoms in total. The number of benzene rings is 1. The van der Waals surface area contributed by atoms with Gasteiger partial charge in [0.05, 0.1) is 6.04 Å². The van der Waals surface area contributed by atoms with Crippen molar-refractivity contribution in [3.63, 3.8) is 0 Å². The number of hydrogen-bond donors (Lipinski definition) is 2. The summed E-state index contributed by atoms with van der Waals surface area (Å²) < 4.78 is 0. The lowest BCUT2D eigenvalue weighted by atomic mass is 9.69. The summed E-state index contributed by atoms with van der Waals surface area (Å²) >= 11 is 0. The van der Waals surface area contributed by atoms with E-state index in [1.165, 1.54) is 42.4 Å². The SMILES string of the molecule is Cc1ccc(C(NN)C2(N(C)C)CCCC(C)C2)cc1C. The van der Waals surface area contributed by atoms with Gasteiger partial charge in [-0.05, 0) is 63.4 Å². The molecule has 0 saturated heterocycles. The zero-order valence-corrected chi connectivity index (χ0v) is 14.2. The first kappa shape index (κ1) is 16.5. The van der Waals surface area contributed by atoms with Crippen molar-refractivity contribution in [2.75, 3.05) is 14.1 Å². The minimum atomic E-state index is 0.105. The summed E-state index contributed by atoms with van der Waals surface area (Å²) in [6, 6.07) is 6.92. The van der Waals surface area contributed by atoms with Crippen molar-refractivity contribution in [1.82, 2.24) is 10.3 Å². The molecule has 0 heterocycles. The number of nitrogens with zero attached hydrogens (tertiary/aromatic N) is 1. The van der Waals surface area contributed by atoms with E-state index in [0.29, 0.717) is 0 Å². The number of nitrogens with one attached hydrogen (secondary N) is 1. The molecule has 0 radical (unpaired) electrons. The maximum absolute atomic E-state index is 6.02. The number of likely N-dealkylation sites (N-methyl/N-ethyl adjacent to an activating group) is 1. The second kappa shape index (κ2) is 6.47. The van der Waals surface area contributed by atoms with Crippen LogP contribution >= 0.6 is 0 Å². The fourth-order valence-electron chi connectivity index (χ4n) is 4.00. The van der Waals surface area contributed by atoms with Crippen molar-refractivity contribution in [3.05, 3.63) is 34.9 Å². The average molecular weight is 289 g/mol. The van der Waals surface area contributed by atoms with Crippen LogP contribution in [0.4, 0.5) is 0 Å². The van der Waals surface area contributed by atoms with Crippen molar-refractivity contribution in [2.45, 2.75) is 58.0 Å². The van der Waals surface area contributed by atoms with Crippen molar-refractivity contribution in [2.24, 2.45) is 11.8 Å². The first-order valence-corrected chi connectivity index (χ1v) is 8.11. The lowest BCUT2D eigenvalue weighted by Crippen LogP contribution is -2.57. The molecule has 1 saturated carbocycles. The highest BCUT2D eigenvalue weighted by Gasteiger charge is 2.44. The summed E-state index contributed by atoms with van der Waals surface area (Å²) in [5.41, 5.74) is 7.23. The van der Waals surface area contributed by atoms with Gasteiger partial charge in [0.1, 0.15) is 0 Å². The molecule has 0 bridgehead atoms. The molecule has 3 heteroatoms. The number of nitrogens with two attached hydrogens (primary N) is 1. The van der Waals surface area contributed by atoms with Gasteiger partial charge in [0.15, 0.2) is 0 Å². The molecule has 2 rings (SSSR count). The molecule has 3 atom stereocenters. The molecular formula is C18H31N3. The molecule has 0 aromatic heterocycles. The fraction of sp³-hybridized carbons (Fsp3) is 0.667. The van der Waals surface area contributed by atoms with E-state index in [1.807, 2.05) is 0 Å². The molecule has 21 heavy (non-hydrogen) atoms. The largest absolute Gasteiger partial charge is 0.302 e. The van der Waals surface area contributed by atoms with Gasteiger partial charge in [0.25, 0.3) is 0 Å². The van der Waals surface area contributed by atoms with Gasteiger partial charge in [0.2, 0.25) is 0 Å². The molecule has 1 aromatic rings. The van der Waals surface area contributed by atoms with Crippen molar-refractivity contribution >= 4 is 0 Å². The van der Waals surface area contributed by atoms with Gasteiger partial charge in [-0.2, -0.15) is 0 Å². The summed E-state index contributed by atoms with van der Waals surface area (Å²) in [5, 5.41) is 0. The van der Waals surface area contributed by atoms with E-state index in [-0.39, 0.29) is 11.6 Å². The Kier molecular flexibility index (Phi) is 5.07. The van der Waals surface area contributed by atoms with E-state index in [2.05, 4.69) is 63.4 Å². The predicted octanol–water partition coefficient (Wildman–Crippen LogP) is 3.32. The summed E-state index contributed by atoms with van der Waals surface area (Å²) in [5.74, 6) is 6.77. The maximum atomic E-state index is 6.02. The Morgan fingerprint density at radius 2 is 2.00 bits per heavy atom. The van der Waals surface area contributed by atoms with E-state index < -0.39 is 0 Å². The minimum Gasteiger partial charge on any atom is -0.302 e. The fourth-order valence-corrected chi connectivity index (χ4v) is 4.00. The molecule has 0 aliphatic heterocycles. The van der Waals surface area contributed by atoms with Crippen LogP contribution in [0, 0.1) is 19.8 Å². The van der Waals surface area contributed by atoms with Crippen LogP contribution < -0.4 is 11.3 Å². The number of aryl methyl sites for hydroxylation is 2. The third-order valence-corrected chi connectivity index (χ3v) is 5.47. The molecule has 1 aliphatic rings. The van der Waals surface area contributed by atoms with Gasteiger partial charge in [-0.15, -0.1) is 0 Å². The lowest BCUT2D eigenvalue weighted by Gasteiger charge is -2.50. The Morgan fingerprint density at radius 1 is 1.29 bits per heavy atom. The quantitative estimate of drug-likeness (QED) is 0.660. The van der Waals surface area contributed by atoms with Gasteiger partial charge in [-0.3, -0.25) is 11.3 Å². The van der Waals surface area contributed by atoms with Gasteiger partial charge < -0.3 is 4.90 Å². The van der Waals surface area contributed by atoms with E-state index in [4.69, 9.17) is 5.84 Å². The summed E-state index contributed by atoms with van der Waals surface area (Å²) in [6.45, 7) is 6.71. The first-order chi connectivity index (χ1) is 9.90. The number of hydrazine groups is 1. The van der Waals surface area contributed by atoms with Crippen molar-refractivity contribution < 1.29 is 0 Å². The van der Waals surface area contributed by atoms with Crippen LogP contribution in [0.25, 0.3) is 0 Å². The molecule has 118 valence electrons. The van der Waals surface area contributed by atoms with Crippen LogP contribution in [0.3, 0.4) is 0 Å². The second-order valence-corrected chi connectivity index (χ2v) is 7.14. The van der Waals surface area contributed by atoms with Gasteiger partial charge in [-0.1, -0.05) is 38.0 Å². The summed E-state index contributed by atoms with van der Waals surface area (Å²) in [4.78, 5) is 2.39. The molecule has 1 aromatic carbocycles. The predicted molar refractivity (Wildman–Crippen MR) is 90.0 cm³/mol. The van der Waals surface area contributed by atoms with Crippen molar-refractivity contribution in [3.8, 4) is 0 Å². The normalized spacial score (nSPS) is 27.9. The zero-order chi connectivity index (χ0) is 15.6. The lowest BCUT2D eigenvalue weighted by molar-refractivity contribution is 0.0366. The van der Waals surface area contributed by atoms with Crippen LogP contribution in [0.5, 0.6) is 0 Å². The van der Waals surface area contributed by atoms with Gasteiger partial charge >= 0.3 is 0 Å². The zero-order valence-electron chi connectivity index (χ0n) is 14.2. The van der Waals surface area contributed by atoms with E-state index in [9.17, 15) is 0 Å². The Balaban J connectivity index is 2.42. The summed E-state index contributed by atoms with van der Waals surface area (Å²) in [7, 11) is 4.40. The maximum Gasteiger partial charge on any atom is 0.0643 e. The Hall–Kier alpha value is -0.900. The third kappa shape index (κ3) is 3.15.